The summed E-state index contributed by atoms with van der Waals surface area (Å²) in [4.78, 5) is 11.5. The Morgan fingerprint density at radius 2 is 2.00 bits per heavy atom. The summed E-state index contributed by atoms with van der Waals surface area (Å²) in [5, 5.41) is 3.34. The van der Waals surface area contributed by atoms with Crippen molar-refractivity contribution >= 4 is 5.82 Å². The fraction of sp³-hybridized carbons (Fsp3) is 0.733. The minimum Gasteiger partial charge on any atom is -0.373 e. The molecule has 2 rings (SSSR count). The van der Waals surface area contributed by atoms with Gasteiger partial charge in [-0.15, -0.1) is 0 Å². The Bertz CT molecular complexity index is 428. The summed E-state index contributed by atoms with van der Waals surface area (Å²) < 4.78 is 5.76. The average molecular weight is 278 g/mol. The van der Waals surface area contributed by atoms with E-state index in [1.165, 1.54) is 0 Å². The van der Waals surface area contributed by atoms with E-state index in [1.54, 1.807) is 0 Å². The lowest BCUT2D eigenvalue weighted by Crippen LogP contribution is -2.45. The van der Waals surface area contributed by atoms with Crippen molar-refractivity contribution < 1.29 is 4.74 Å². The number of nitrogens with zero attached hydrogens (tertiary/aromatic N) is 3. The fourth-order valence-corrected chi connectivity index (χ4v) is 2.66. The van der Waals surface area contributed by atoms with Crippen molar-refractivity contribution in [3.05, 3.63) is 17.6 Å². The lowest BCUT2D eigenvalue weighted by molar-refractivity contribution is -0.0710. The molecule has 0 saturated carbocycles. The minimum atomic E-state index is 0.279. The van der Waals surface area contributed by atoms with E-state index in [1.807, 2.05) is 13.0 Å². The van der Waals surface area contributed by atoms with Crippen molar-refractivity contribution in [2.45, 2.75) is 52.9 Å². The molecule has 1 aromatic rings. The fourth-order valence-electron chi connectivity index (χ4n) is 2.66. The van der Waals surface area contributed by atoms with Gasteiger partial charge in [-0.05, 0) is 27.2 Å². The Balaban J connectivity index is 2.02. The molecule has 5 nitrogen and oxygen atoms in total. The first kappa shape index (κ1) is 15.2. The van der Waals surface area contributed by atoms with Gasteiger partial charge in [0.05, 0.1) is 18.8 Å². The number of rotatable bonds is 5. The molecule has 112 valence electrons. The molecule has 2 heterocycles. The van der Waals surface area contributed by atoms with Crippen LogP contribution in [0.15, 0.2) is 6.07 Å². The molecule has 0 spiro atoms. The summed E-state index contributed by atoms with van der Waals surface area (Å²) in [6, 6.07) is 2.00. The van der Waals surface area contributed by atoms with E-state index in [9.17, 15) is 0 Å². The zero-order chi connectivity index (χ0) is 14.5. The molecule has 0 radical (unpaired) electrons. The van der Waals surface area contributed by atoms with E-state index in [2.05, 4.69) is 41.0 Å². The highest BCUT2D eigenvalue weighted by Gasteiger charge is 2.22. The van der Waals surface area contributed by atoms with Gasteiger partial charge in [-0.3, -0.25) is 4.90 Å². The molecule has 5 heteroatoms. The Labute approximate surface area is 121 Å². The molecule has 0 bridgehead atoms. The van der Waals surface area contributed by atoms with Gasteiger partial charge in [-0.25, -0.2) is 9.97 Å². The van der Waals surface area contributed by atoms with Crippen LogP contribution in [0.1, 0.15) is 38.7 Å². The Hall–Kier alpha value is -1.20. The molecule has 1 aliphatic heterocycles. The van der Waals surface area contributed by atoms with Crippen LogP contribution in [0.4, 0.5) is 5.82 Å². The number of hydrogen-bond acceptors (Lipinski definition) is 5. The quantitative estimate of drug-likeness (QED) is 0.895. The van der Waals surface area contributed by atoms with Crippen LogP contribution in [0.5, 0.6) is 0 Å². The van der Waals surface area contributed by atoms with Gasteiger partial charge in [0.25, 0.3) is 0 Å². The molecule has 1 aromatic heterocycles. The number of anilines is 1. The minimum absolute atomic E-state index is 0.279. The van der Waals surface area contributed by atoms with Crippen LogP contribution in [-0.4, -0.2) is 46.7 Å². The predicted octanol–water partition coefficient (Wildman–Crippen LogP) is 2.22. The van der Waals surface area contributed by atoms with Gasteiger partial charge >= 0.3 is 0 Å². The summed E-state index contributed by atoms with van der Waals surface area (Å²) in [6.45, 7) is 12.0. The molecule has 2 atom stereocenters. The van der Waals surface area contributed by atoms with Crippen LogP contribution in [0.25, 0.3) is 0 Å². The molecule has 1 N–H and O–H groups in total. The van der Waals surface area contributed by atoms with Gasteiger partial charge in [0.2, 0.25) is 0 Å². The van der Waals surface area contributed by atoms with Gasteiger partial charge in [-0.1, -0.05) is 6.92 Å². The van der Waals surface area contributed by atoms with Gasteiger partial charge in [0.1, 0.15) is 11.6 Å². The monoisotopic (exact) mass is 278 g/mol. The zero-order valence-electron chi connectivity index (χ0n) is 13.0. The van der Waals surface area contributed by atoms with E-state index in [-0.39, 0.29) is 12.2 Å². The molecule has 0 unspecified atom stereocenters. The maximum absolute atomic E-state index is 5.76. The second kappa shape index (κ2) is 6.99. The Morgan fingerprint density at radius 3 is 2.65 bits per heavy atom. The highest BCUT2D eigenvalue weighted by molar-refractivity contribution is 5.35. The van der Waals surface area contributed by atoms with E-state index < -0.39 is 0 Å². The predicted molar refractivity (Wildman–Crippen MR) is 80.8 cm³/mol. The number of nitrogens with one attached hydrogen (secondary N) is 1. The first-order chi connectivity index (χ1) is 9.56. The highest BCUT2D eigenvalue weighted by Crippen LogP contribution is 2.14. The van der Waals surface area contributed by atoms with Crippen LogP contribution in [0, 0.1) is 6.92 Å². The molecule has 1 fully saturated rings. The zero-order valence-corrected chi connectivity index (χ0v) is 13.0. The van der Waals surface area contributed by atoms with E-state index in [0.717, 1.165) is 49.9 Å². The molecule has 1 saturated heterocycles. The summed E-state index contributed by atoms with van der Waals surface area (Å²) in [5.41, 5.74) is 1.02. The van der Waals surface area contributed by atoms with Gasteiger partial charge < -0.3 is 10.1 Å². The average Bonchev–Trinajstić information content (AvgIpc) is 2.34. The van der Waals surface area contributed by atoms with Crippen molar-refractivity contribution in [3.63, 3.8) is 0 Å². The Kier molecular flexibility index (Phi) is 5.31. The van der Waals surface area contributed by atoms with Crippen molar-refractivity contribution in [2.24, 2.45) is 0 Å². The lowest BCUT2D eigenvalue weighted by Gasteiger charge is -2.34. The third-order valence-corrected chi connectivity index (χ3v) is 3.32. The van der Waals surface area contributed by atoms with Crippen molar-refractivity contribution in [3.8, 4) is 0 Å². The van der Waals surface area contributed by atoms with E-state index in [4.69, 9.17) is 4.74 Å². The van der Waals surface area contributed by atoms with Crippen LogP contribution in [0.3, 0.4) is 0 Å². The van der Waals surface area contributed by atoms with Crippen LogP contribution < -0.4 is 5.32 Å². The molecule has 20 heavy (non-hydrogen) atoms. The number of aromatic nitrogens is 2. The molecule has 0 aliphatic carbocycles. The topological polar surface area (TPSA) is 50.3 Å². The number of ether oxygens (including phenoxy) is 1. The van der Waals surface area contributed by atoms with Gasteiger partial charge in [0.15, 0.2) is 0 Å². The molecular formula is C15H26N4O. The Morgan fingerprint density at radius 1 is 1.30 bits per heavy atom. The number of hydrogen-bond donors (Lipinski definition) is 1. The molecule has 0 aromatic carbocycles. The van der Waals surface area contributed by atoms with Crippen molar-refractivity contribution in [1.82, 2.24) is 14.9 Å². The largest absolute Gasteiger partial charge is 0.373 e. The maximum atomic E-state index is 5.76. The second-order valence-corrected chi connectivity index (χ2v) is 5.69. The first-order valence-corrected chi connectivity index (χ1v) is 7.53. The normalized spacial score (nSPS) is 23.8. The van der Waals surface area contributed by atoms with Crippen molar-refractivity contribution in [2.75, 3.05) is 25.0 Å². The SMILES string of the molecule is CCCNc1cc(C)nc(CN2C[C@@H](C)O[C@@H](C)C2)n1. The van der Waals surface area contributed by atoms with Crippen LogP contribution in [0.2, 0.25) is 0 Å². The van der Waals surface area contributed by atoms with Crippen LogP contribution in [-0.2, 0) is 11.3 Å². The van der Waals surface area contributed by atoms with Crippen molar-refractivity contribution in [1.29, 1.82) is 0 Å². The summed E-state index contributed by atoms with van der Waals surface area (Å²) in [5.74, 6) is 1.83. The summed E-state index contributed by atoms with van der Waals surface area (Å²) >= 11 is 0. The number of aryl methyl sites for hydroxylation is 1. The highest BCUT2D eigenvalue weighted by atomic mass is 16.5. The summed E-state index contributed by atoms with van der Waals surface area (Å²) in [7, 11) is 0. The molecular weight excluding hydrogens is 252 g/mol. The standard InChI is InChI=1S/C15H26N4O/c1-5-6-16-14-7-11(2)17-15(18-14)10-19-8-12(3)20-13(4)9-19/h7,12-13H,5-6,8-10H2,1-4H3,(H,16,17,18)/t12-,13+. The maximum Gasteiger partial charge on any atom is 0.144 e. The first-order valence-electron chi connectivity index (χ1n) is 7.53. The van der Waals surface area contributed by atoms with E-state index in [0.29, 0.717) is 0 Å². The summed E-state index contributed by atoms with van der Waals surface area (Å²) in [6.07, 6.45) is 1.65. The van der Waals surface area contributed by atoms with Gasteiger partial charge in [-0.2, -0.15) is 0 Å². The third kappa shape index (κ3) is 4.42. The third-order valence-electron chi connectivity index (χ3n) is 3.32. The molecule has 0 amide bonds. The number of morpholine rings is 1. The van der Waals surface area contributed by atoms with Crippen LogP contribution >= 0.6 is 0 Å². The second-order valence-electron chi connectivity index (χ2n) is 5.69. The molecule has 1 aliphatic rings. The lowest BCUT2D eigenvalue weighted by atomic mass is 10.2. The van der Waals surface area contributed by atoms with Gasteiger partial charge in [0, 0.05) is 31.4 Å². The smallest absolute Gasteiger partial charge is 0.144 e. The van der Waals surface area contributed by atoms with E-state index >= 15 is 0 Å².